The van der Waals surface area contributed by atoms with Crippen LogP contribution in [0.4, 0.5) is 0 Å². The molecule has 1 rings (SSSR count). The van der Waals surface area contributed by atoms with E-state index in [-0.39, 0.29) is 12.1 Å². The molecule has 0 fully saturated rings. The van der Waals surface area contributed by atoms with E-state index in [4.69, 9.17) is 10.5 Å². The van der Waals surface area contributed by atoms with Gasteiger partial charge in [-0.1, -0.05) is 56.5 Å². The summed E-state index contributed by atoms with van der Waals surface area (Å²) in [5.41, 5.74) is 6.96. The zero-order chi connectivity index (χ0) is 14.8. The summed E-state index contributed by atoms with van der Waals surface area (Å²) in [5.74, 6) is -0.295. The van der Waals surface area contributed by atoms with Gasteiger partial charge in [-0.2, -0.15) is 0 Å². The molecule has 0 aromatic heterocycles. The fourth-order valence-corrected chi connectivity index (χ4v) is 2.15. The molecule has 0 saturated carbocycles. The first kappa shape index (κ1) is 16.7. The molecule has 1 unspecified atom stereocenters. The summed E-state index contributed by atoms with van der Waals surface area (Å²) in [7, 11) is 0. The van der Waals surface area contributed by atoms with Crippen molar-refractivity contribution >= 4 is 5.97 Å². The zero-order valence-corrected chi connectivity index (χ0v) is 12.7. The molecule has 1 aromatic rings. The number of nitrogens with two attached hydrogens (primary N) is 1. The molecule has 0 aliphatic heterocycles. The van der Waals surface area contributed by atoms with Crippen molar-refractivity contribution in [2.24, 2.45) is 5.73 Å². The number of carbonyl (C=O) groups is 1. The molecule has 0 saturated heterocycles. The number of unbranched alkanes of at least 4 members (excludes halogenated alkanes) is 3. The smallest absolute Gasteiger partial charge is 0.323 e. The van der Waals surface area contributed by atoms with Gasteiger partial charge < -0.3 is 10.5 Å². The minimum absolute atomic E-state index is 0.0406. The second-order valence-corrected chi connectivity index (χ2v) is 5.39. The van der Waals surface area contributed by atoms with Gasteiger partial charge in [-0.05, 0) is 31.7 Å². The Labute approximate surface area is 122 Å². The van der Waals surface area contributed by atoms with Crippen LogP contribution in [0.5, 0.6) is 0 Å². The van der Waals surface area contributed by atoms with Crippen molar-refractivity contribution in [2.75, 3.05) is 0 Å². The Balaban J connectivity index is 2.27. The second kappa shape index (κ2) is 9.54. The molecule has 2 N–H and O–H groups in total. The lowest BCUT2D eigenvalue weighted by atomic mass is 10.1. The zero-order valence-electron chi connectivity index (χ0n) is 12.7. The van der Waals surface area contributed by atoms with E-state index in [0.717, 1.165) is 18.4 Å². The lowest BCUT2D eigenvalue weighted by Gasteiger charge is -2.16. The minimum Gasteiger partial charge on any atom is -0.462 e. The number of hydrogen-bond donors (Lipinski definition) is 1. The Morgan fingerprint density at radius 1 is 1.20 bits per heavy atom. The molecule has 3 heteroatoms. The third-order valence-electron chi connectivity index (χ3n) is 3.38. The maximum atomic E-state index is 11.9. The predicted molar refractivity (Wildman–Crippen MR) is 82.4 cm³/mol. The van der Waals surface area contributed by atoms with E-state index in [0.29, 0.717) is 6.42 Å². The average Bonchev–Trinajstić information content (AvgIpc) is 2.44. The van der Waals surface area contributed by atoms with Crippen molar-refractivity contribution in [1.29, 1.82) is 0 Å². The quantitative estimate of drug-likeness (QED) is 0.555. The topological polar surface area (TPSA) is 52.3 Å². The first-order chi connectivity index (χ1) is 9.63. The van der Waals surface area contributed by atoms with Gasteiger partial charge in [0.25, 0.3) is 0 Å². The highest BCUT2D eigenvalue weighted by Crippen LogP contribution is 2.09. The number of hydrogen-bond acceptors (Lipinski definition) is 3. The van der Waals surface area contributed by atoms with Gasteiger partial charge in [0.1, 0.15) is 6.04 Å². The predicted octanol–water partition coefficient (Wildman–Crippen LogP) is 3.46. The third kappa shape index (κ3) is 6.71. The van der Waals surface area contributed by atoms with E-state index in [9.17, 15) is 4.79 Å². The molecule has 0 bridgehead atoms. The van der Waals surface area contributed by atoms with Crippen molar-refractivity contribution in [3.8, 4) is 0 Å². The van der Waals surface area contributed by atoms with Crippen molar-refractivity contribution < 1.29 is 9.53 Å². The Morgan fingerprint density at radius 2 is 1.90 bits per heavy atom. The molecule has 2 atom stereocenters. The van der Waals surface area contributed by atoms with Crippen LogP contribution in [0.15, 0.2) is 30.3 Å². The fourth-order valence-electron chi connectivity index (χ4n) is 2.15. The van der Waals surface area contributed by atoms with Crippen LogP contribution in [-0.4, -0.2) is 18.1 Å². The van der Waals surface area contributed by atoms with Crippen LogP contribution < -0.4 is 5.73 Å². The van der Waals surface area contributed by atoms with Crippen LogP contribution in [0.2, 0.25) is 0 Å². The van der Waals surface area contributed by atoms with Crippen molar-refractivity contribution in [2.45, 2.75) is 64.5 Å². The SMILES string of the molecule is CCCCCCC(C)OC(=O)[C@@H](N)Cc1ccccc1. The van der Waals surface area contributed by atoms with Gasteiger partial charge >= 0.3 is 5.97 Å². The minimum atomic E-state index is -0.574. The van der Waals surface area contributed by atoms with E-state index < -0.39 is 6.04 Å². The van der Waals surface area contributed by atoms with Crippen molar-refractivity contribution in [3.63, 3.8) is 0 Å². The molecular formula is C17H27NO2. The van der Waals surface area contributed by atoms with Gasteiger partial charge in [0, 0.05) is 0 Å². The molecule has 0 aliphatic rings. The summed E-state index contributed by atoms with van der Waals surface area (Å²) in [6, 6.07) is 9.22. The molecule has 0 aliphatic carbocycles. The van der Waals surface area contributed by atoms with Crippen molar-refractivity contribution in [1.82, 2.24) is 0 Å². The van der Waals surface area contributed by atoms with Gasteiger partial charge in [-0.15, -0.1) is 0 Å². The number of carbonyl (C=O) groups excluding carboxylic acids is 1. The highest BCUT2D eigenvalue weighted by molar-refractivity contribution is 5.76. The maximum absolute atomic E-state index is 11.9. The van der Waals surface area contributed by atoms with Gasteiger partial charge in [0.05, 0.1) is 6.10 Å². The van der Waals surface area contributed by atoms with E-state index in [1.165, 1.54) is 19.3 Å². The van der Waals surface area contributed by atoms with Crippen molar-refractivity contribution in [3.05, 3.63) is 35.9 Å². The molecule has 0 amide bonds. The van der Waals surface area contributed by atoms with Crippen LogP contribution in [-0.2, 0) is 16.0 Å². The summed E-state index contributed by atoms with van der Waals surface area (Å²) in [6.45, 7) is 4.13. The Hall–Kier alpha value is -1.35. The standard InChI is InChI=1S/C17H27NO2/c1-3-4-5-7-10-14(2)20-17(19)16(18)13-15-11-8-6-9-12-15/h6,8-9,11-12,14,16H,3-5,7,10,13,18H2,1-2H3/t14?,16-/m0/s1. The van der Waals surface area contributed by atoms with Crippen LogP contribution in [0.25, 0.3) is 0 Å². The van der Waals surface area contributed by atoms with Crippen LogP contribution in [0.1, 0.15) is 51.5 Å². The second-order valence-electron chi connectivity index (χ2n) is 5.39. The molecule has 1 aromatic carbocycles. The molecule has 3 nitrogen and oxygen atoms in total. The van der Waals surface area contributed by atoms with E-state index >= 15 is 0 Å². The van der Waals surface area contributed by atoms with Gasteiger partial charge in [-0.25, -0.2) is 0 Å². The molecular weight excluding hydrogens is 250 g/mol. The summed E-state index contributed by atoms with van der Waals surface area (Å²) < 4.78 is 5.40. The van der Waals surface area contributed by atoms with E-state index in [1.54, 1.807) is 0 Å². The van der Waals surface area contributed by atoms with Crippen LogP contribution in [0.3, 0.4) is 0 Å². The van der Waals surface area contributed by atoms with Crippen LogP contribution >= 0.6 is 0 Å². The lowest BCUT2D eigenvalue weighted by molar-refractivity contribution is -0.150. The number of esters is 1. The lowest BCUT2D eigenvalue weighted by Crippen LogP contribution is -2.36. The molecule has 0 radical (unpaired) electrons. The third-order valence-corrected chi connectivity index (χ3v) is 3.38. The highest BCUT2D eigenvalue weighted by Gasteiger charge is 2.18. The molecule has 20 heavy (non-hydrogen) atoms. The number of benzene rings is 1. The fraction of sp³-hybridized carbons (Fsp3) is 0.588. The van der Waals surface area contributed by atoms with E-state index in [2.05, 4.69) is 6.92 Å². The summed E-state index contributed by atoms with van der Waals surface area (Å²) in [4.78, 5) is 11.9. The Kier molecular flexibility index (Phi) is 7.97. The molecule has 0 spiro atoms. The van der Waals surface area contributed by atoms with Gasteiger partial charge in [0.2, 0.25) is 0 Å². The summed E-state index contributed by atoms with van der Waals surface area (Å²) in [5, 5.41) is 0. The van der Waals surface area contributed by atoms with E-state index in [1.807, 2.05) is 37.3 Å². The summed E-state index contributed by atoms with van der Waals surface area (Å²) >= 11 is 0. The average molecular weight is 277 g/mol. The van der Waals surface area contributed by atoms with Gasteiger partial charge in [0.15, 0.2) is 0 Å². The monoisotopic (exact) mass is 277 g/mol. The number of ether oxygens (including phenoxy) is 1. The molecule has 112 valence electrons. The Morgan fingerprint density at radius 3 is 2.55 bits per heavy atom. The maximum Gasteiger partial charge on any atom is 0.323 e. The largest absolute Gasteiger partial charge is 0.462 e. The number of rotatable bonds is 9. The highest BCUT2D eigenvalue weighted by atomic mass is 16.5. The van der Waals surface area contributed by atoms with Crippen LogP contribution in [0, 0.1) is 0 Å². The normalized spacial score (nSPS) is 13.8. The Bertz CT molecular complexity index is 378. The summed E-state index contributed by atoms with van der Waals surface area (Å²) in [6.07, 6.45) is 6.18. The first-order valence-corrected chi connectivity index (χ1v) is 7.63. The van der Waals surface area contributed by atoms with Gasteiger partial charge in [-0.3, -0.25) is 4.79 Å². The molecule has 0 heterocycles. The first-order valence-electron chi connectivity index (χ1n) is 7.63.